The first-order chi connectivity index (χ1) is 8.27. The molecule has 1 rings (SSSR count). The lowest BCUT2D eigenvalue weighted by molar-refractivity contribution is 0.138. The molecule has 2 amide bonds. The zero-order chi connectivity index (χ0) is 12.5. The average Bonchev–Trinajstić information content (AvgIpc) is 2.37. The maximum Gasteiger partial charge on any atom is 0.317 e. The molecule has 100 valence electrons. The van der Waals surface area contributed by atoms with Gasteiger partial charge >= 0.3 is 6.03 Å². The van der Waals surface area contributed by atoms with Gasteiger partial charge in [0.2, 0.25) is 0 Å². The average molecular weight is 241 g/mol. The summed E-state index contributed by atoms with van der Waals surface area (Å²) in [4.78, 5) is 16.1. The summed E-state index contributed by atoms with van der Waals surface area (Å²) in [6, 6.07) is 0.111. The predicted molar refractivity (Wildman–Crippen MR) is 71.2 cm³/mol. The quantitative estimate of drug-likeness (QED) is 0.721. The van der Waals surface area contributed by atoms with Crippen LogP contribution in [0.2, 0.25) is 0 Å². The molecule has 0 aromatic heterocycles. The first-order valence-electron chi connectivity index (χ1n) is 7.03. The van der Waals surface area contributed by atoms with Crippen LogP contribution in [0.3, 0.4) is 0 Å². The van der Waals surface area contributed by atoms with E-state index in [2.05, 4.69) is 24.1 Å². The number of urea groups is 1. The number of hydrogen-bond acceptors (Lipinski definition) is 2. The topological polar surface area (TPSA) is 35.6 Å². The predicted octanol–water partition coefficient (Wildman–Crippen LogP) is 1.91. The number of amides is 2. The summed E-state index contributed by atoms with van der Waals surface area (Å²) in [6.07, 6.45) is 4.89. The molecule has 1 saturated heterocycles. The molecular formula is C13H27N3O. The van der Waals surface area contributed by atoms with Crippen LogP contribution in [0, 0.1) is 0 Å². The summed E-state index contributed by atoms with van der Waals surface area (Å²) in [5.74, 6) is 0. The van der Waals surface area contributed by atoms with Gasteiger partial charge in [0.15, 0.2) is 0 Å². The highest BCUT2D eigenvalue weighted by Gasteiger charge is 2.19. The minimum atomic E-state index is 0.111. The lowest BCUT2D eigenvalue weighted by atomic mass is 10.2. The van der Waals surface area contributed by atoms with Crippen molar-refractivity contribution in [2.45, 2.75) is 39.5 Å². The van der Waals surface area contributed by atoms with Crippen molar-refractivity contribution in [1.82, 2.24) is 15.1 Å². The number of nitrogens with one attached hydrogen (secondary N) is 1. The molecular weight excluding hydrogens is 214 g/mol. The molecule has 0 bridgehead atoms. The van der Waals surface area contributed by atoms with Crippen LogP contribution in [0.4, 0.5) is 4.79 Å². The Kier molecular flexibility index (Phi) is 7.01. The SMILES string of the molecule is CCCCCN1CCN(C(=O)NCCC)CC1. The third-order valence-corrected chi connectivity index (χ3v) is 3.26. The maximum absolute atomic E-state index is 11.7. The lowest BCUT2D eigenvalue weighted by Gasteiger charge is -2.34. The molecule has 0 aromatic rings. The van der Waals surface area contributed by atoms with E-state index < -0.39 is 0 Å². The maximum atomic E-state index is 11.7. The number of unbranched alkanes of at least 4 members (excludes halogenated alkanes) is 2. The normalized spacial score (nSPS) is 17.2. The Hall–Kier alpha value is -0.770. The van der Waals surface area contributed by atoms with Gasteiger partial charge in [0, 0.05) is 32.7 Å². The van der Waals surface area contributed by atoms with Crippen LogP contribution in [-0.4, -0.2) is 55.1 Å². The summed E-state index contributed by atoms with van der Waals surface area (Å²) < 4.78 is 0. The van der Waals surface area contributed by atoms with Crippen molar-refractivity contribution in [2.24, 2.45) is 0 Å². The summed E-state index contributed by atoms with van der Waals surface area (Å²) in [5.41, 5.74) is 0. The van der Waals surface area contributed by atoms with Crippen LogP contribution in [0.25, 0.3) is 0 Å². The zero-order valence-electron chi connectivity index (χ0n) is 11.4. The van der Waals surface area contributed by atoms with Crippen molar-refractivity contribution in [2.75, 3.05) is 39.3 Å². The molecule has 0 saturated carbocycles. The van der Waals surface area contributed by atoms with Crippen LogP contribution >= 0.6 is 0 Å². The van der Waals surface area contributed by atoms with Gasteiger partial charge in [-0.15, -0.1) is 0 Å². The molecule has 4 nitrogen and oxygen atoms in total. The largest absolute Gasteiger partial charge is 0.338 e. The highest BCUT2D eigenvalue weighted by molar-refractivity contribution is 5.74. The van der Waals surface area contributed by atoms with Gasteiger partial charge in [-0.3, -0.25) is 4.90 Å². The molecule has 0 unspecified atom stereocenters. The second-order valence-electron chi connectivity index (χ2n) is 4.77. The van der Waals surface area contributed by atoms with E-state index in [-0.39, 0.29) is 6.03 Å². The van der Waals surface area contributed by atoms with E-state index in [0.717, 1.165) is 39.1 Å². The minimum absolute atomic E-state index is 0.111. The van der Waals surface area contributed by atoms with E-state index in [1.54, 1.807) is 0 Å². The Morgan fingerprint density at radius 2 is 1.76 bits per heavy atom. The van der Waals surface area contributed by atoms with Gasteiger partial charge in [0.25, 0.3) is 0 Å². The molecule has 0 aliphatic carbocycles. The van der Waals surface area contributed by atoms with Crippen molar-refractivity contribution >= 4 is 6.03 Å². The number of nitrogens with zero attached hydrogens (tertiary/aromatic N) is 2. The molecule has 17 heavy (non-hydrogen) atoms. The second-order valence-corrected chi connectivity index (χ2v) is 4.77. The molecule has 1 aliphatic heterocycles. The van der Waals surface area contributed by atoms with Gasteiger partial charge in [-0.1, -0.05) is 26.7 Å². The molecule has 4 heteroatoms. The fraction of sp³-hybridized carbons (Fsp3) is 0.923. The summed E-state index contributed by atoms with van der Waals surface area (Å²) in [6.45, 7) is 10.1. The van der Waals surface area contributed by atoms with Crippen molar-refractivity contribution in [3.05, 3.63) is 0 Å². The van der Waals surface area contributed by atoms with E-state index in [0.29, 0.717) is 0 Å². The Morgan fingerprint density at radius 1 is 1.06 bits per heavy atom. The third-order valence-electron chi connectivity index (χ3n) is 3.26. The molecule has 1 N–H and O–H groups in total. The summed E-state index contributed by atoms with van der Waals surface area (Å²) >= 11 is 0. The molecule has 1 fully saturated rings. The van der Waals surface area contributed by atoms with Crippen molar-refractivity contribution < 1.29 is 4.79 Å². The van der Waals surface area contributed by atoms with E-state index >= 15 is 0 Å². The fourth-order valence-electron chi connectivity index (χ4n) is 2.10. The van der Waals surface area contributed by atoms with E-state index in [1.165, 1.54) is 25.8 Å². The van der Waals surface area contributed by atoms with Gasteiger partial charge in [-0.25, -0.2) is 4.79 Å². The van der Waals surface area contributed by atoms with Crippen LogP contribution in [-0.2, 0) is 0 Å². The first-order valence-corrected chi connectivity index (χ1v) is 7.03. The highest BCUT2D eigenvalue weighted by Crippen LogP contribution is 2.04. The second kappa shape index (κ2) is 8.34. The fourth-order valence-corrected chi connectivity index (χ4v) is 2.10. The molecule has 0 aromatic carbocycles. The number of rotatable bonds is 6. The molecule has 0 radical (unpaired) electrons. The standard InChI is InChI=1S/C13H27N3O/c1-3-5-6-8-15-9-11-16(12-10-15)13(17)14-7-4-2/h3-12H2,1-2H3,(H,14,17). The van der Waals surface area contributed by atoms with Crippen molar-refractivity contribution in [3.8, 4) is 0 Å². The highest BCUT2D eigenvalue weighted by atomic mass is 16.2. The third kappa shape index (κ3) is 5.39. The Labute approximate surface area is 105 Å². The van der Waals surface area contributed by atoms with Crippen LogP contribution in [0.15, 0.2) is 0 Å². The van der Waals surface area contributed by atoms with Gasteiger partial charge in [-0.2, -0.15) is 0 Å². The minimum Gasteiger partial charge on any atom is -0.338 e. The van der Waals surface area contributed by atoms with Gasteiger partial charge < -0.3 is 10.2 Å². The Morgan fingerprint density at radius 3 is 2.35 bits per heavy atom. The number of piperazine rings is 1. The van der Waals surface area contributed by atoms with E-state index in [9.17, 15) is 4.79 Å². The van der Waals surface area contributed by atoms with Crippen LogP contribution in [0.5, 0.6) is 0 Å². The molecule has 0 spiro atoms. The molecule has 1 heterocycles. The van der Waals surface area contributed by atoms with E-state index in [1.807, 2.05) is 4.90 Å². The van der Waals surface area contributed by atoms with Crippen LogP contribution < -0.4 is 5.32 Å². The van der Waals surface area contributed by atoms with Gasteiger partial charge in [0.05, 0.1) is 0 Å². The molecule has 1 aliphatic rings. The number of hydrogen-bond donors (Lipinski definition) is 1. The summed E-state index contributed by atoms with van der Waals surface area (Å²) in [7, 11) is 0. The van der Waals surface area contributed by atoms with E-state index in [4.69, 9.17) is 0 Å². The monoisotopic (exact) mass is 241 g/mol. The lowest BCUT2D eigenvalue weighted by Crippen LogP contribution is -2.51. The number of carbonyl (C=O) groups is 1. The van der Waals surface area contributed by atoms with Gasteiger partial charge in [0.1, 0.15) is 0 Å². The number of carbonyl (C=O) groups excluding carboxylic acids is 1. The van der Waals surface area contributed by atoms with Crippen molar-refractivity contribution in [3.63, 3.8) is 0 Å². The first kappa shape index (κ1) is 14.3. The van der Waals surface area contributed by atoms with Gasteiger partial charge in [-0.05, 0) is 19.4 Å². The Balaban J connectivity index is 2.14. The molecule has 0 atom stereocenters. The smallest absolute Gasteiger partial charge is 0.317 e. The zero-order valence-corrected chi connectivity index (χ0v) is 11.4. The summed E-state index contributed by atoms with van der Waals surface area (Å²) in [5, 5.41) is 2.94. The van der Waals surface area contributed by atoms with Crippen molar-refractivity contribution in [1.29, 1.82) is 0 Å². The van der Waals surface area contributed by atoms with Crippen LogP contribution in [0.1, 0.15) is 39.5 Å². The Bertz CT molecular complexity index is 213.